The van der Waals surface area contributed by atoms with Crippen LogP contribution in [0, 0.1) is 6.92 Å². The van der Waals surface area contributed by atoms with Crippen LogP contribution in [0.5, 0.6) is 0 Å². The van der Waals surface area contributed by atoms with Crippen molar-refractivity contribution in [3.05, 3.63) is 27.7 Å². The second-order valence-electron chi connectivity index (χ2n) is 4.94. The first-order chi connectivity index (χ1) is 9.37. The van der Waals surface area contributed by atoms with Gasteiger partial charge in [-0.25, -0.2) is 8.42 Å². The van der Waals surface area contributed by atoms with E-state index >= 15 is 0 Å². The highest BCUT2D eigenvalue weighted by molar-refractivity contribution is 9.10. The first kappa shape index (κ1) is 15.9. The van der Waals surface area contributed by atoms with Crippen LogP contribution in [0.25, 0.3) is 0 Å². The molecule has 1 fully saturated rings. The molecular weight excluding hydrogens is 344 g/mol. The van der Waals surface area contributed by atoms with Gasteiger partial charge in [-0.3, -0.25) is 0 Å². The summed E-state index contributed by atoms with van der Waals surface area (Å²) in [5.41, 5.74) is 7.12. The van der Waals surface area contributed by atoms with Crippen molar-refractivity contribution in [2.24, 2.45) is 5.73 Å². The highest BCUT2D eigenvalue weighted by Gasteiger charge is 2.32. The number of likely N-dealkylation sites (N-methyl/N-ethyl adjacent to an activating group) is 1. The fourth-order valence-electron chi connectivity index (χ4n) is 2.25. The van der Waals surface area contributed by atoms with E-state index in [0.717, 1.165) is 16.5 Å². The number of ether oxygens (including phenoxy) is 1. The van der Waals surface area contributed by atoms with Gasteiger partial charge in [0.25, 0.3) is 0 Å². The normalized spacial score (nSPS) is 19.8. The minimum absolute atomic E-state index is 0.0975. The van der Waals surface area contributed by atoms with Gasteiger partial charge in [0, 0.05) is 24.7 Å². The van der Waals surface area contributed by atoms with Gasteiger partial charge in [-0.2, -0.15) is 4.31 Å². The lowest BCUT2D eigenvalue weighted by Gasteiger charge is -2.24. The van der Waals surface area contributed by atoms with Crippen LogP contribution in [-0.4, -0.2) is 39.0 Å². The van der Waals surface area contributed by atoms with Crippen molar-refractivity contribution >= 4 is 26.0 Å². The van der Waals surface area contributed by atoms with E-state index in [4.69, 9.17) is 10.5 Å². The first-order valence-corrected chi connectivity index (χ1v) is 8.66. The van der Waals surface area contributed by atoms with Crippen molar-refractivity contribution in [3.8, 4) is 0 Å². The molecule has 112 valence electrons. The van der Waals surface area contributed by atoms with Crippen molar-refractivity contribution in [2.75, 3.05) is 20.3 Å². The quantitative estimate of drug-likeness (QED) is 0.883. The Labute approximate surface area is 128 Å². The second kappa shape index (κ2) is 6.11. The highest BCUT2D eigenvalue weighted by atomic mass is 79.9. The molecule has 0 amide bonds. The molecule has 0 aliphatic carbocycles. The Morgan fingerprint density at radius 2 is 2.20 bits per heavy atom. The monoisotopic (exact) mass is 362 g/mol. The maximum absolute atomic E-state index is 12.8. The molecule has 1 aromatic rings. The number of halogens is 1. The standard InChI is InChI=1S/C13H19BrN2O3S/c1-9-12(14)5-10(7-15)6-13(9)20(17,18)16(2)11-3-4-19-8-11/h5-6,11H,3-4,7-8,15H2,1-2H3. The molecule has 1 aliphatic rings. The summed E-state index contributed by atoms with van der Waals surface area (Å²) in [7, 11) is -1.93. The van der Waals surface area contributed by atoms with Gasteiger partial charge in [-0.1, -0.05) is 15.9 Å². The zero-order chi connectivity index (χ0) is 14.9. The molecule has 0 spiro atoms. The molecular formula is C13H19BrN2O3S. The third-order valence-corrected chi connectivity index (χ3v) is 6.53. The topological polar surface area (TPSA) is 72.6 Å². The molecule has 2 rings (SSSR count). The van der Waals surface area contributed by atoms with Crippen molar-refractivity contribution in [3.63, 3.8) is 0 Å². The Bertz CT molecular complexity index is 598. The van der Waals surface area contributed by atoms with Crippen molar-refractivity contribution < 1.29 is 13.2 Å². The number of hydrogen-bond donors (Lipinski definition) is 1. The molecule has 1 unspecified atom stereocenters. The summed E-state index contributed by atoms with van der Waals surface area (Å²) in [5, 5.41) is 0. The number of benzene rings is 1. The van der Waals surface area contributed by atoms with E-state index in [2.05, 4.69) is 15.9 Å². The smallest absolute Gasteiger partial charge is 0.243 e. The molecule has 0 radical (unpaired) electrons. The Morgan fingerprint density at radius 1 is 1.50 bits per heavy atom. The van der Waals surface area contributed by atoms with Crippen LogP contribution >= 0.6 is 15.9 Å². The van der Waals surface area contributed by atoms with Crippen LogP contribution in [0.3, 0.4) is 0 Å². The highest BCUT2D eigenvalue weighted by Crippen LogP contribution is 2.29. The fourth-order valence-corrected chi connectivity index (χ4v) is 4.56. The van der Waals surface area contributed by atoms with Crippen LogP contribution < -0.4 is 5.73 Å². The average molecular weight is 363 g/mol. The molecule has 0 bridgehead atoms. The molecule has 0 aromatic heterocycles. The Kier molecular flexibility index (Phi) is 4.86. The average Bonchev–Trinajstić information content (AvgIpc) is 2.94. The van der Waals surface area contributed by atoms with E-state index in [0.29, 0.717) is 30.2 Å². The molecule has 1 saturated heterocycles. The third-order valence-electron chi connectivity index (χ3n) is 3.67. The van der Waals surface area contributed by atoms with Gasteiger partial charge in [-0.05, 0) is 36.6 Å². The second-order valence-corrected chi connectivity index (χ2v) is 7.76. The number of sulfonamides is 1. The fraction of sp³-hybridized carbons (Fsp3) is 0.538. The zero-order valence-electron chi connectivity index (χ0n) is 11.6. The molecule has 20 heavy (non-hydrogen) atoms. The minimum atomic E-state index is -3.54. The number of hydrogen-bond acceptors (Lipinski definition) is 4. The van der Waals surface area contributed by atoms with Gasteiger partial charge in [0.2, 0.25) is 10.0 Å². The predicted molar refractivity (Wildman–Crippen MR) is 80.9 cm³/mol. The van der Waals surface area contributed by atoms with E-state index in [1.54, 1.807) is 20.0 Å². The molecule has 1 aliphatic heterocycles. The van der Waals surface area contributed by atoms with Crippen molar-refractivity contribution in [2.45, 2.75) is 30.8 Å². The van der Waals surface area contributed by atoms with Gasteiger partial charge >= 0.3 is 0 Å². The van der Waals surface area contributed by atoms with Crippen molar-refractivity contribution in [1.29, 1.82) is 0 Å². The number of rotatable bonds is 4. The summed E-state index contributed by atoms with van der Waals surface area (Å²) < 4.78 is 33.0. The Hall–Kier alpha value is -0.470. The zero-order valence-corrected chi connectivity index (χ0v) is 14.0. The molecule has 7 heteroatoms. The molecule has 2 N–H and O–H groups in total. The lowest BCUT2D eigenvalue weighted by atomic mass is 10.1. The molecule has 0 saturated carbocycles. The lowest BCUT2D eigenvalue weighted by Crippen LogP contribution is -2.37. The van der Waals surface area contributed by atoms with Crippen LogP contribution in [0.15, 0.2) is 21.5 Å². The lowest BCUT2D eigenvalue weighted by molar-refractivity contribution is 0.181. The Morgan fingerprint density at radius 3 is 2.75 bits per heavy atom. The van der Waals surface area contributed by atoms with Crippen LogP contribution in [-0.2, 0) is 21.3 Å². The number of nitrogens with zero attached hydrogens (tertiary/aromatic N) is 1. The van der Waals surface area contributed by atoms with E-state index in [-0.39, 0.29) is 6.04 Å². The largest absolute Gasteiger partial charge is 0.380 e. The minimum Gasteiger partial charge on any atom is -0.380 e. The van der Waals surface area contributed by atoms with E-state index < -0.39 is 10.0 Å². The third kappa shape index (κ3) is 2.92. The maximum atomic E-state index is 12.8. The Balaban J connectivity index is 2.45. The van der Waals surface area contributed by atoms with Gasteiger partial charge in [0.1, 0.15) is 0 Å². The molecule has 5 nitrogen and oxygen atoms in total. The molecule has 1 atom stereocenters. The SMILES string of the molecule is Cc1c(Br)cc(CN)cc1S(=O)(=O)N(C)C1CCOC1. The van der Waals surface area contributed by atoms with Crippen molar-refractivity contribution in [1.82, 2.24) is 4.31 Å². The molecule has 1 aromatic carbocycles. The molecule has 1 heterocycles. The van der Waals surface area contributed by atoms with Gasteiger partial charge in [0.15, 0.2) is 0 Å². The van der Waals surface area contributed by atoms with Gasteiger partial charge in [-0.15, -0.1) is 0 Å². The summed E-state index contributed by atoms with van der Waals surface area (Å²) in [4.78, 5) is 0.307. The summed E-state index contributed by atoms with van der Waals surface area (Å²) in [5.74, 6) is 0. The van der Waals surface area contributed by atoms with E-state index in [1.807, 2.05) is 6.07 Å². The van der Waals surface area contributed by atoms with E-state index in [1.165, 1.54) is 4.31 Å². The summed E-state index contributed by atoms with van der Waals surface area (Å²) in [6.07, 6.45) is 0.729. The first-order valence-electron chi connectivity index (χ1n) is 6.42. The maximum Gasteiger partial charge on any atom is 0.243 e. The van der Waals surface area contributed by atoms with Gasteiger partial charge < -0.3 is 10.5 Å². The number of nitrogens with two attached hydrogens (primary N) is 1. The van der Waals surface area contributed by atoms with E-state index in [9.17, 15) is 8.42 Å². The summed E-state index contributed by atoms with van der Waals surface area (Å²) in [6, 6.07) is 3.41. The summed E-state index contributed by atoms with van der Waals surface area (Å²) >= 11 is 3.40. The summed E-state index contributed by atoms with van der Waals surface area (Å²) in [6.45, 7) is 3.15. The predicted octanol–water partition coefficient (Wildman–Crippen LogP) is 1.63. The van der Waals surface area contributed by atoms with Crippen LogP contribution in [0.2, 0.25) is 0 Å². The van der Waals surface area contributed by atoms with Gasteiger partial charge in [0.05, 0.1) is 17.5 Å². The van der Waals surface area contributed by atoms with Crippen LogP contribution in [0.1, 0.15) is 17.5 Å². The van der Waals surface area contributed by atoms with Crippen LogP contribution in [0.4, 0.5) is 0 Å².